The average Bonchev–Trinajstić information content (AvgIpc) is 3.63. The minimum atomic E-state index is -0.962. The summed E-state index contributed by atoms with van der Waals surface area (Å²) in [5.41, 5.74) is 2.70. The molecule has 0 atom stereocenters. The molecule has 1 N–H and O–H groups in total. The summed E-state index contributed by atoms with van der Waals surface area (Å²) >= 11 is 0. The molecule has 0 bridgehead atoms. The van der Waals surface area contributed by atoms with Gasteiger partial charge in [0.25, 0.3) is 11.5 Å². The Bertz CT molecular complexity index is 1980. The molecule has 1 aliphatic rings. The van der Waals surface area contributed by atoms with Crippen molar-refractivity contribution in [1.29, 1.82) is 0 Å². The first kappa shape index (κ1) is 31.2. The van der Waals surface area contributed by atoms with Crippen molar-refractivity contribution in [3.8, 4) is 5.69 Å². The monoisotopic (exact) mass is 634 g/mol. The lowest BCUT2D eigenvalue weighted by molar-refractivity contribution is -0.142. The number of nitrogens with zero attached hydrogens (tertiary/aromatic N) is 4. The number of hydrogen-bond acceptors (Lipinski definition) is 5. The maximum absolute atomic E-state index is 14.5. The van der Waals surface area contributed by atoms with Crippen molar-refractivity contribution >= 4 is 23.1 Å². The third-order valence-corrected chi connectivity index (χ3v) is 8.20. The molecule has 3 heterocycles. The molecule has 6 rings (SSSR count). The Morgan fingerprint density at radius 1 is 0.787 bits per heavy atom. The third-order valence-electron chi connectivity index (χ3n) is 8.20. The van der Waals surface area contributed by atoms with Gasteiger partial charge in [0.2, 0.25) is 5.78 Å². The molecule has 2 aromatic heterocycles. The standard InChI is InChI=1S/C37H32F2N4O4/c38-29-9-7-26(8-10-29)21-27-22-32(36(46)43(24-27)25-28-5-1-2-6-33(28)39)34(44)23-35(45)37(47)42-19-17-41(18-20-42)31-13-11-30(12-14-31)40-15-3-4-16-40/h1-16,22-24,44H,17-21,25H2. The molecule has 1 saturated heterocycles. The Morgan fingerprint density at radius 3 is 2.13 bits per heavy atom. The van der Waals surface area contributed by atoms with Crippen LogP contribution in [-0.2, 0) is 22.6 Å². The molecule has 3 aromatic carbocycles. The molecule has 1 amide bonds. The van der Waals surface area contributed by atoms with Crippen LogP contribution in [0.5, 0.6) is 0 Å². The highest BCUT2D eigenvalue weighted by atomic mass is 19.1. The fourth-order valence-corrected chi connectivity index (χ4v) is 5.67. The highest BCUT2D eigenvalue weighted by molar-refractivity contribution is 6.41. The zero-order valence-corrected chi connectivity index (χ0v) is 25.4. The van der Waals surface area contributed by atoms with E-state index in [1.165, 1.54) is 46.0 Å². The van der Waals surface area contributed by atoms with Gasteiger partial charge < -0.3 is 24.0 Å². The quantitative estimate of drug-likeness (QED) is 0.134. The van der Waals surface area contributed by atoms with E-state index in [0.29, 0.717) is 31.7 Å². The Hall–Kier alpha value is -5.77. The van der Waals surface area contributed by atoms with Crippen LogP contribution in [0.25, 0.3) is 11.4 Å². The Labute approximate surface area is 270 Å². The van der Waals surface area contributed by atoms with Crippen LogP contribution in [0.4, 0.5) is 14.5 Å². The van der Waals surface area contributed by atoms with Crippen LogP contribution in [0.1, 0.15) is 22.3 Å². The van der Waals surface area contributed by atoms with Crippen molar-refractivity contribution in [2.24, 2.45) is 0 Å². The topological polar surface area (TPSA) is 87.8 Å². The molecule has 8 nitrogen and oxygen atoms in total. The summed E-state index contributed by atoms with van der Waals surface area (Å²) in [4.78, 5) is 43.1. The lowest BCUT2D eigenvalue weighted by atomic mass is 10.0. The zero-order chi connectivity index (χ0) is 32.9. The normalized spacial score (nSPS) is 13.5. The molecule has 238 valence electrons. The molecule has 1 aliphatic heterocycles. The molecule has 10 heteroatoms. The molecule has 1 fully saturated rings. The molecule has 0 radical (unpaired) electrons. The van der Waals surface area contributed by atoms with Crippen molar-refractivity contribution in [3.05, 3.63) is 160 Å². The van der Waals surface area contributed by atoms with Gasteiger partial charge in [-0.2, -0.15) is 0 Å². The molecule has 0 saturated carbocycles. The fraction of sp³-hybridized carbons (Fsp3) is 0.162. The summed E-state index contributed by atoms with van der Waals surface area (Å²) in [6.45, 7) is 1.52. The molecule has 0 aliphatic carbocycles. The first-order valence-corrected chi connectivity index (χ1v) is 15.2. The number of rotatable bonds is 9. The minimum absolute atomic E-state index is 0.130. The number of halogens is 2. The summed E-state index contributed by atoms with van der Waals surface area (Å²) < 4.78 is 31.2. The van der Waals surface area contributed by atoms with Gasteiger partial charge in [0.15, 0.2) is 0 Å². The summed E-state index contributed by atoms with van der Waals surface area (Å²) in [5.74, 6) is -3.31. The largest absolute Gasteiger partial charge is 0.507 e. The number of ketones is 1. The van der Waals surface area contributed by atoms with Gasteiger partial charge in [0.05, 0.1) is 12.1 Å². The first-order valence-electron chi connectivity index (χ1n) is 15.2. The predicted molar refractivity (Wildman–Crippen MR) is 176 cm³/mol. The van der Waals surface area contributed by atoms with Crippen LogP contribution in [0.15, 0.2) is 120 Å². The van der Waals surface area contributed by atoms with Gasteiger partial charge in [0, 0.05) is 67.8 Å². The number of carbonyl (C=O) groups excluding carboxylic acids is 2. The van der Waals surface area contributed by atoms with Crippen molar-refractivity contribution in [2.75, 3.05) is 31.1 Å². The van der Waals surface area contributed by atoms with E-state index in [1.54, 1.807) is 24.3 Å². The molecule has 0 unspecified atom stereocenters. The smallest absolute Gasteiger partial charge is 0.294 e. The van der Waals surface area contributed by atoms with Crippen LogP contribution in [-0.4, -0.2) is 57.0 Å². The van der Waals surface area contributed by atoms with Gasteiger partial charge in [0.1, 0.15) is 17.4 Å². The van der Waals surface area contributed by atoms with Gasteiger partial charge in [-0.3, -0.25) is 14.4 Å². The van der Waals surface area contributed by atoms with E-state index in [4.69, 9.17) is 0 Å². The van der Waals surface area contributed by atoms with Gasteiger partial charge in [-0.25, -0.2) is 8.78 Å². The van der Waals surface area contributed by atoms with Gasteiger partial charge in [-0.05, 0) is 78.2 Å². The Balaban J connectivity index is 1.18. The highest BCUT2D eigenvalue weighted by Gasteiger charge is 2.26. The first-order chi connectivity index (χ1) is 22.7. The highest BCUT2D eigenvalue weighted by Crippen LogP contribution is 2.20. The van der Waals surface area contributed by atoms with E-state index >= 15 is 0 Å². The molecule has 47 heavy (non-hydrogen) atoms. The number of hydrogen-bond donors (Lipinski definition) is 1. The van der Waals surface area contributed by atoms with E-state index in [1.807, 2.05) is 53.4 Å². The summed E-state index contributed by atoms with van der Waals surface area (Å²) in [6, 6.07) is 25.2. The van der Waals surface area contributed by atoms with Gasteiger partial charge in [-0.1, -0.05) is 30.3 Å². The summed E-state index contributed by atoms with van der Waals surface area (Å²) in [6.07, 6.45) is 6.50. The van der Waals surface area contributed by atoms with Crippen LogP contribution >= 0.6 is 0 Å². The zero-order valence-electron chi connectivity index (χ0n) is 25.4. The fourth-order valence-electron chi connectivity index (χ4n) is 5.67. The molecular formula is C37H32F2N4O4. The number of carbonyl (C=O) groups is 2. The summed E-state index contributed by atoms with van der Waals surface area (Å²) in [7, 11) is 0. The Kier molecular flexibility index (Phi) is 9.10. The van der Waals surface area contributed by atoms with E-state index in [0.717, 1.165) is 23.0 Å². The van der Waals surface area contributed by atoms with Gasteiger partial charge in [-0.15, -0.1) is 0 Å². The van der Waals surface area contributed by atoms with Crippen molar-refractivity contribution < 1.29 is 23.5 Å². The number of anilines is 1. The minimum Gasteiger partial charge on any atom is -0.507 e. The van der Waals surface area contributed by atoms with E-state index < -0.39 is 34.6 Å². The molecule has 0 spiro atoms. The maximum atomic E-state index is 14.5. The van der Waals surface area contributed by atoms with Gasteiger partial charge >= 0.3 is 0 Å². The summed E-state index contributed by atoms with van der Waals surface area (Å²) in [5, 5.41) is 11.0. The molecule has 5 aromatic rings. The molecular weight excluding hydrogens is 602 g/mol. The van der Waals surface area contributed by atoms with Crippen LogP contribution in [0.3, 0.4) is 0 Å². The van der Waals surface area contributed by atoms with Crippen LogP contribution < -0.4 is 10.5 Å². The number of benzene rings is 3. The number of aromatic nitrogens is 2. The van der Waals surface area contributed by atoms with Crippen molar-refractivity contribution in [3.63, 3.8) is 0 Å². The number of aliphatic hydroxyl groups is 1. The van der Waals surface area contributed by atoms with Crippen LogP contribution in [0, 0.1) is 11.6 Å². The van der Waals surface area contributed by atoms with Crippen molar-refractivity contribution in [2.45, 2.75) is 13.0 Å². The lowest BCUT2D eigenvalue weighted by Gasteiger charge is -2.35. The van der Waals surface area contributed by atoms with Crippen molar-refractivity contribution in [1.82, 2.24) is 14.0 Å². The second kappa shape index (κ2) is 13.7. The number of aliphatic hydroxyl groups excluding tert-OH is 1. The van der Waals surface area contributed by atoms with E-state index in [2.05, 4.69) is 4.90 Å². The second-order valence-corrected chi connectivity index (χ2v) is 11.4. The predicted octanol–water partition coefficient (Wildman–Crippen LogP) is 5.37. The SMILES string of the molecule is O=C(C=C(O)c1cc(Cc2ccc(F)cc2)cn(Cc2ccccc2F)c1=O)C(=O)N1CCN(c2ccc(-n3cccc3)cc2)CC1. The third kappa shape index (κ3) is 7.22. The Morgan fingerprint density at radius 2 is 1.45 bits per heavy atom. The number of pyridine rings is 1. The maximum Gasteiger partial charge on any atom is 0.294 e. The van der Waals surface area contributed by atoms with Crippen LogP contribution in [0.2, 0.25) is 0 Å². The number of piperazine rings is 1. The lowest BCUT2D eigenvalue weighted by Crippen LogP contribution is -2.50. The second-order valence-electron chi connectivity index (χ2n) is 11.4. The average molecular weight is 635 g/mol. The number of amides is 1. The van der Waals surface area contributed by atoms with E-state index in [9.17, 15) is 28.3 Å². The van der Waals surface area contributed by atoms with E-state index in [-0.39, 0.29) is 24.1 Å².